The van der Waals surface area contributed by atoms with Crippen molar-refractivity contribution in [3.05, 3.63) is 205 Å². The number of aromatic nitrogens is 10. The fourth-order valence-corrected chi connectivity index (χ4v) is 14.9. The number of aliphatic imine (C=N–C) groups is 3. The molecule has 0 bridgehead atoms. The van der Waals surface area contributed by atoms with Gasteiger partial charge in [-0.15, -0.1) is 0 Å². The Labute approximate surface area is 587 Å². The molecule has 14 heteroatoms. The molecular formula is C87H85N13O. The number of H-pyrrole nitrogens is 3. The van der Waals surface area contributed by atoms with Crippen molar-refractivity contribution in [2.45, 2.75) is 120 Å². The van der Waals surface area contributed by atoms with Gasteiger partial charge in [-0.1, -0.05) is 156 Å². The first-order valence-corrected chi connectivity index (χ1v) is 35.7. The third kappa shape index (κ3) is 11.6. The molecule has 0 saturated carbocycles. The van der Waals surface area contributed by atoms with Crippen molar-refractivity contribution in [1.82, 2.24) is 49.2 Å². The van der Waals surface area contributed by atoms with Gasteiger partial charge in [-0.2, -0.15) is 5.10 Å². The predicted molar refractivity (Wildman–Crippen MR) is 422 cm³/mol. The van der Waals surface area contributed by atoms with E-state index in [4.69, 9.17) is 9.40 Å². The number of fused-ring (bicyclic) bond motifs is 18. The van der Waals surface area contributed by atoms with Crippen molar-refractivity contribution < 1.29 is 4.42 Å². The highest BCUT2D eigenvalue weighted by Crippen LogP contribution is 2.44. The van der Waals surface area contributed by atoms with Crippen LogP contribution in [0.3, 0.4) is 0 Å². The Kier molecular flexibility index (Phi) is 16.3. The molecule has 504 valence electrons. The van der Waals surface area contributed by atoms with Gasteiger partial charge in [0.15, 0.2) is 0 Å². The SMILES string of the molecule is CC(C)C1=NC=C(c2ccc3c(c2)c2ccoc2c2cc(-c4cnc(C(C)C)[nH]4)ccc32)C1.CC(C)C1=NC=C(c2ccc3c(c2)c2cnn(C)c2c2cc(-c4cnc(C(C)C)[nH]4)ccc32)C1.CC(C)C1=NC=C(c2ccc3c4ccc(-c5cnc(C(C)C)[nH]5)cc4c4c(ncn4C)c3c2)C1. The lowest BCUT2D eigenvalue weighted by Crippen LogP contribution is -2.04. The van der Waals surface area contributed by atoms with Crippen LogP contribution in [0.5, 0.6) is 0 Å². The largest absolute Gasteiger partial charge is 0.464 e. The summed E-state index contributed by atoms with van der Waals surface area (Å²) in [7, 11) is 4.10. The summed E-state index contributed by atoms with van der Waals surface area (Å²) in [6, 6.07) is 42.5. The van der Waals surface area contributed by atoms with Crippen LogP contribution in [0, 0.1) is 17.8 Å². The second-order valence-corrected chi connectivity index (χ2v) is 29.6. The molecule has 0 spiro atoms. The van der Waals surface area contributed by atoms with E-state index in [2.05, 4.69) is 260 Å². The summed E-state index contributed by atoms with van der Waals surface area (Å²) in [6.07, 6.45) is 20.4. The average molecular weight is 1330 g/mol. The van der Waals surface area contributed by atoms with Gasteiger partial charge in [-0.3, -0.25) is 19.7 Å². The van der Waals surface area contributed by atoms with E-state index in [1.54, 1.807) is 6.26 Å². The Bertz CT molecular complexity index is 5800. The number of benzene rings is 9. The third-order valence-corrected chi connectivity index (χ3v) is 20.9. The Morgan fingerprint density at radius 1 is 0.347 bits per heavy atom. The van der Waals surface area contributed by atoms with Crippen LogP contribution in [-0.4, -0.2) is 66.4 Å². The lowest BCUT2D eigenvalue weighted by Gasteiger charge is -2.12. The van der Waals surface area contributed by atoms with E-state index in [0.717, 1.165) is 103 Å². The minimum absolute atomic E-state index is 0.367. The highest BCUT2D eigenvalue weighted by molar-refractivity contribution is 6.27. The molecule has 3 aliphatic heterocycles. The zero-order valence-electron chi connectivity index (χ0n) is 60.1. The van der Waals surface area contributed by atoms with Gasteiger partial charge in [-0.25, -0.2) is 19.9 Å². The maximum atomic E-state index is 6.02. The van der Waals surface area contributed by atoms with Crippen LogP contribution in [0.1, 0.15) is 154 Å². The smallest absolute Gasteiger partial charge is 0.142 e. The van der Waals surface area contributed by atoms with Crippen molar-refractivity contribution >= 4 is 131 Å². The van der Waals surface area contributed by atoms with E-state index >= 15 is 0 Å². The number of furan rings is 1. The number of hydrogen-bond acceptors (Lipinski definition) is 9. The van der Waals surface area contributed by atoms with E-state index in [0.29, 0.717) is 35.5 Å². The molecule has 9 aromatic carbocycles. The second-order valence-electron chi connectivity index (χ2n) is 29.6. The lowest BCUT2D eigenvalue weighted by atomic mass is 9.92. The molecule has 0 amide bonds. The molecule has 0 saturated heterocycles. The topological polar surface area (TPSA) is 172 Å². The van der Waals surface area contributed by atoms with Crippen molar-refractivity contribution in [1.29, 1.82) is 0 Å². The number of aromatic amines is 3. The number of allylic oxidation sites excluding steroid dienone is 3. The maximum absolute atomic E-state index is 6.02. The molecule has 3 N–H and O–H groups in total. The predicted octanol–water partition coefficient (Wildman–Crippen LogP) is 22.6. The van der Waals surface area contributed by atoms with Gasteiger partial charge in [0.05, 0.1) is 71.0 Å². The van der Waals surface area contributed by atoms with Crippen LogP contribution < -0.4 is 0 Å². The molecule has 3 aliphatic rings. The molecule has 0 radical (unpaired) electrons. The summed E-state index contributed by atoms with van der Waals surface area (Å²) in [5.41, 5.74) is 22.1. The Morgan fingerprint density at radius 2 is 0.713 bits per heavy atom. The molecule has 18 rings (SSSR count). The van der Waals surface area contributed by atoms with Crippen molar-refractivity contribution in [2.75, 3.05) is 0 Å². The Hall–Kier alpha value is -11.1. The maximum Gasteiger partial charge on any atom is 0.142 e. The van der Waals surface area contributed by atoms with E-state index in [1.165, 1.54) is 115 Å². The van der Waals surface area contributed by atoms with Gasteiger partial charge in [-0.05, 0) is 137 Å². The standard InChI is InChI=1S/2C29H29N5.C29H27N3O/c1-16(2)26-12-20(13-30-26)18-6-8-21-22-9-7-19(27-15-31-29(33-27)17(3)4)11-24(22)28-25(23(21)10-18)14-32-34(28)5;1-16(2)25-12-20(13-30-25)18-6-8-21-22-9-7-19(26-14-31-29(33-26)17(3)4)11-24(22)28-27(23(21)10-18)32-15-34(28)5;1-16(2)26-13-20(14-30-26)18-5-7-21-22-8-6-19(27-15-31-29(32-27)17(3)4)12-25(22)28-23(9-10-33-28)24(21)11-18/h2*6-11,13-17H,12H2,1-5H3,(H,31,33);5-12,14-17H,13H2,1-4H3,(H,31,32). The van der Waals surface area contributed by atoms with Gasteiger partial charge in [0, 0.05) is 136 Å². The minimum Gasteiger partial charge on any atom is -0.464 e. The van der Waals surface area contributed by atoms with Gasteiger partial charge in [0.2, 0.25) is 0 Å². The monoisotopic (exact) mass is 1330 g/mol. The zero-order chi connectivity index (χ0) is 69.8. The quantitative estimate of drug-likeness (QED) is 0.103. The summed E-state index contributed by atoms with van der Waals surface area (Å²) in [4.78, 5) is 42.9. The van der Waals surface area contributed by atoms with Crippen LogP contribution in [-0.2, 0) is 14.1 Å². The third-order valence-electron chi connectivity index (χ3n) is 20.9. The van der Waals surface area contributed by atoms with E-state index in [9.17, 15) is 0 Å². The summed E-state index contributed by atoms with van der Waals surface area (Å²) < 4.78 is 10.2. The van der Waals surface area contributed by atoms with Crippen LogP contribution in [0.25, 0.3) is 148 Å². The number of imidazole rings is 4. The van der Waals surface area contributed by atoms with Gasteiger partial charge >= 0.3 is 0 Å². The highest BCUT2D eigenvalue weighted by atomic mass is 16.3. The van der Waals surface area contributed by atoms with Crippen LogP contribution in [0.2, 0.25) is 0 Å². The van der Waals surface area contributed by atoms with Crippen molar-refractivity contribution in [3.8, 4) is 33.8 Å². The highest BCUT2D eigenvalue weighted by Gasteiger charge is 2.24. The Morgan fingerprint density at radius 3 is 1.13 bits per heavy atom. The van der Waals surface area contributed by atoms with E-state index in [1.807, 2.05) is 61.4 Å². The van der Waals surface area contributed by atoms with Crippen LogP contribution in [0.15, 0.2) is 191 Å². The van der Waals surface area contributed by atoms with Crippen molar-refractivity contribution in [2.24, 2.45) is 46.8 Å². The fraction of sp³-hybridized carbons (Fsp3) is 0.264. The fourth-order valence-electron chi connectivity index (χ4n) is 14.9. The number of hydrogen-bond donors (Lipinski definition) is 3. The summed E-state index contributed by atoms with van der Waals surface area (Å²) in [5.74, 6) is 5.56. The minimum atomic E-state index is 0.367. The molecule has 0 fully saturated rings. The molecule has 101 heavy (non-hydrogen) atoms. The number of nitrogens with zero attached hydrogens (tertiary/aromatic N) is 10. The van der Waals surface area contributed by atoms with E-state index in [-0.39, 0.29) is 0 Å². The first-order chi connectivity index (χ1) is 48.8. The second kappa shape index (κ2) is 25.6. The molecule has 15 aromatic rings. The van der Waals surface area contributed by atoms with Gasteiger partial charge in [0.25, 0.3) is 0 Å². The molecule has 9 heterocycles. The van der Waals surface area contributed by atoms with Crippen molar-refractivity contribution in [3.63, 3.8) is 0 Å². The molecule has 0 unspecified atom stereocenters. The first kappa shape index (κ1) is 64.5. The normalized spacial score (nSPS) is 14.2. The number of aryl methyl sites for hydroxylation is 2. The van der Waals surface area contributed by atoms with Crippen LogP contribution in [0.4, 0.5) is 0 Å². The molecule has 0 atom stereocenters. The lowest BCUT2D eigenvalue weighted by molar-refractivity contribution is 0.619. The van der Waals surface area contributed by atoms with Gasteiger partial charge < -0.3 is 23.9 Å². The summed E-state index contributed by atoms with van der Waals surface area (Å²) >= 11 is 0. The first-order valence-electron chi connectivity index (χ1n) is 35.7. The summed E-state index contributed by atoms with van der Waals surface area (Å²) in [5, 5.41) is 21.6. The average Bonchev–Trinajstić information content (AvgIpc) is 1.72. The van der Waals surface area contributed by atoms with E-state index < -0.39 is 0 Å². The molecule has 6 aromatic heterocycles. The Balaban J connectivity index is 0.000000118. The molecule has 14 nitrogen and oxygen atoms in total. The van der Waals surface area contributed by atoms with Gasteiger partial charge in [0.1, 0.15) is 23.1 Å². The molecular weight excluding hydrogens is 1240 g/mol. The number of rotatable bonds is 12. The molecule has 0 aliphatic carbocycles. The zero-order valence-corrected chi connectivity index (χ0v) is 60.1. The van der Waals surface area contributed by atoms with Crippen LogP contribution >= 0.6 is 0 Å². The number of nitrogens with one attached hydrogen (secondary N) is 3. The summed E-state index contributed by atoms with van der Waals surface area (Å²) in [6.45, 7) is 26.2.